The first-order valence-corrected chi connectivity index (χ1v) is 8.67. The Morgan fingerprint density at radius 1 is 0.963 bits per heavy atom. The van der Waals surface area contributed by atoms with Crippen LogP contribution >= 0.6 is 0 Å². The number of halogens is 1. The predicted molar refractivity (Wildman–Crippen MR) is 101 cm³/mol. The molecule has 0 unspecified atom stereocenters. The Labute approximate surface area is 157 Å². The first kappa shape index (κ1) is 20.1. The highest BCUT2D eigenvalue weighted by molar-refractivity contribution is 6.00. The number of rotatable bonds is 7. The van der Waals surface area contributed by atoms with Crippen LogP contribution in [0.2, 0.25) is 0 Å². The highest BCUT2D eigenvalue weighted by Gasteiger charge is 2.13. The van der Waals surface area contributed by atoms with Crippen LogP contribution in [-0.2, 0) is 4.79 Å². The highest BCUT2D eigenvalue weighted by Crippen LogP contribution is 2.13. The second kappa shape index (κ2) is 9.47. The van der Waals surface area contributed by atoms with Crippen molar-refractivity contribution in [2.45, 2.75) is 13.8 Å². The highest BCUT2D eigenvalue weighted by atomic mass is 19.1. The van der Waals surface area contributed by atoms with Crippen molar-refractivity contribution in [1.29, 1.82) is 0 Å². The molecule has 0 atom stereocenters. The molecule has 0 saturated heterocycles. The molecule has 0 aromatic heterocycles. The van der Waals surface area contributed by atoms with Crippen LogP contribution in [-0.4, -0.2) is 42.3 Å². The molecule has 6 nitrogen and oxygen atoms in total. The van der Waals surface area contributed by atoms with Crippen molar-refractivity contribution < 1.29 is 18.8 Å². The Morgan fingerprint density at radius 2 is 1.63 bits per heavy atom. The molecule has 0 heterocycles. The molecule has 2 N–H and O–H groups in total. The van der Waals surface area contributed by atoms with E-state index < -0.39 is 17.6 Å². The number of hydrogen-bond donors (Lipinski definition) is 2. The van der Waals surface area contributed by atoms with E-state index in [1.807, 2.05) is 13.8 Å². The first-order valence-electron chi connectivity index (χ1n) is 8.67. The maximum atomic E-state index is 12.9. The quantitative estimate of drug-likeness (QED) is 0.785. The number of anilines is 1. The molecule has 0 aliphatic rings. The van der Waals surface area contributed by atoms with Gasteiger partial charge in [0, 0.05) is 29.9 Å². The van der Waals surface area contributed by atoms with Gasteiger partial charge < -0.3 is 15.5 Å². The second-order valence-electron chi connectivity index (χ2n) is 5.80. The number of benzene rings is 2. The van der Waals surface area contributed by atoms with Gasteiger partial charge in [0.05, 0.1) is 6.54 Å². The number of nitrogens with zero attached hydrogens (tertiary/aromatic N) is 1. The van der Waals surface area contributed by atoms with Crippen LogP contribution in [0, 0.1) is 5.82 Å². The summed E-state index contributed by atoms with van der Waals surface area (Å²) < 4.78 is 12.9. The third-order valence-corrected chi connectivity index (χ3v) is 3.96. The fourth-order valence-corrected chi connectivity index (χ4v) is 2.49. The van der Waals surface area contributed by atoms with Crippen LogP contribution < -0.4 is 10.6 Å². The lowest BCUT2D eigenvalue weighted by Crippen LogP contribution is -2.33. The van der Waals surface area contributed by atoms with Gasteiger partial charge in [-0.25, -0.2) is 4.39 Å². The molecule has 0 aliphatic carbocycles. The van der Waals surface area contributed by atoms with Crippen molar-refractivity contribution in [2.75, 3.05) is 25.0 Å². The lowest BCUT2D eigenvalue weighted by molar-refractivity contribution is -0.115. The van der Waals surface area contributed by atoms with E-state index in [1.54, 1.807) is 29.2 Å². The molecule has 0 spiro atoms. The van der Waals surface area contributed by atoms with Crippen molar-refractivity contribution in [2.24, 2.45) is 0 Å². The number of carbonyl (C=O) groups is 3. The standard InChI is InChI=1S/C20H22FN3O3/c1-3-24(4-2)20(27)15-6-5-7-17(12-15)23-18(25)13-22-19(26)14-8-10-16(21)11-9-14/h5-12H,3-4,13H2,1-2H3,(H,22,26)(H,23,25). The number of amides is 3. The van der Waals surface area contributed by atoms with Gasteiger partial charge in [-0.2, -0.15) is 0 Å². The normalized spacial score (nSPS) is 10.2. The maximum absolute atomic E-state index is 12.9. The van der Waals surface area contributed by atoms with Crippen LogP contribution in [0.1, 0.15) is 34.6 Å². The number of carbonyl (C=O) groups excluding carboxylic acids is 3. The van der Waals surface area contributed by atoms with Gasteiger partial charge in [0.25, 0.3) is 11.8 Å². The number of nitrogens with one attached hydrogen (secondary N) is 2. The molecule has 2 rings (SSSR count). The molecule has 2 aromatic rings. The monoisotopic (exact) mass is 371 g/mol. The molecular weight excluding hydrogens is 349 g/mol. The van der Waals surface area contributed by atoms with E-state index in [0.717, 1.165) is 0 Å². The van der Waals surface area contributed by atoms with Crippen molar-refractivity contribution in [3.8, 4) is 0 Å². The van der Waals surface area contributed by atoms with Crippen LogP contribution in [0.4, 0.5) is 10.1 Å². The summed E-state index contributed by atoms with van der Waals surface area (Å²) in [5.41, 5.74) is 1.21. The summed E-state index contributed by atoms with van der Waals surface area (Å²) in [5.74, 6) is -1.46. The van der Waals surface area contributed by atoms with Gasteiger partial charge in [0.2, 0.25) is 5.91 Å². The van der Waals surface area contributed by atoms with E-state index in [9.17, 15) is 18.8 Å². The van der Waals surface area contributed by atoms with Crippen LogP contribution in [0.25, 0.3) is 0 Å². The van der Waals surface area contributed by atoms with E-state index in [4.69, 9.17) is 0 Å². The predicted octanol–water partition coefficient (Wildman–Crippen LogP) is 2.68. The molecule has 0 aliphatic heterocycles. The van der Waals surface area contributed by atoms with Crippen molar-refractivity contribution in [1.82, 2.24) is 10.2 Å². The fourth-order valence-electron chi connectivity index (χ4n) is 2.49. The molecule has 0 bridgehead atoms. The lowest BCUT2D eigenvalue weighted by atomic mass is 10.1. The molecule has 27 heavy (non-hydrogen) atoms. The summed E-state index contributed by atoms with van der Waals surface area (Å²) in [7, 11) is 0. The van der Waals surface area contributed by atoms with Crippen molar-refractivity contribution in [3.63, 3.8) is 0 Å². The van der Waals surface area contributed by atoms with E-state index in [2.05, 4.69) is 10.6 Å². The minimum atomic E-state index is -0.476. The zero-order chi connectivity index (χ0) is 19.8. The number of hydrogen-bond acceptors (Lipinski definition) is 3. The topological polar surface area (TPSA) is 78.5 Å². The fraction of sp³-hybridized carbons (Fsp3) is 0.250. The van der Waals surface area contributed by atoms with Crippen LogP contribution in [0.15, 0.2) is 48.5 Å². The van der Waals surface area contributed by atoms with Crippen molar-refractivity contribution >= 4 is 23.4 Å². The molecule has 0 fully saturated rings. The third-order valence-electron chi connectivity index (χ3n) is 3.96. The minimum absolute atomic E-state index is 0.110. The molecule has 0 radical (unpaired) electrons. The van der Waals surface area contributed by atoms with Gasteiger partial charge in [0.1, 0.15) is 5.82 Å². The van der Waals surface area contributed by atoms with Gasteiger partial charge >= 0.3 is 0 Å². The SMILES string of the molecule is CCN(CC)C(=O)c1cccc(NC(=O)CNC(=O)c2ccc(F)cc2)c1. The average Bonchev–Trinajstić information content (AvgIpc) is 2.67. The third kappa shape index (κ3) is 5.64. The molecule has 3 amide bonds. The summed E-state index contributed by atoms with van der Waals surface area (Å²) in [6.45, 7) is 4.75. The zero-order valence-corrected chi connectivity index (χ0v) is 15.3. The Hall–Kier alpha value is -3.22. The van der Waals surface area contributed by atoms with E-state index in [1.165, 1.54) is 24.3 Å². The van der Waals surface area contributed by atoms with Gasteiger partial charge in [-0.1, -0.05) is 6.07 Å². The summed E-state index contributed by atoms with van der Waals surface area (Å²) in [4.78, 5) is 38.0. The smallest absolute Gasteiger partial charge is 0.253 e. The van der Waals surface area contributed by atoms with Crippen molar-refractivity contribution in [3.05, 3.63) is 65.5 Å². The Kier molecular flexibility index (Phi) is 7.05. The summed E-state index contributed by atoms with van der Waals surface area (Å²) >= 11 is 0. The summed E-state index contributed by atoms with van der Waals surface area (Å²) in [6, 6.07) is 11.7. The Bertz CT molecular complexity index is 817. The van der Waals surface area contributed by atoms with Gasteiger partial charge in [-0.15, -0.1) is 0 Å². The van der Waals surface area contributed by atoms with Crippen LogP contribution in [0.5, 0.6) is 0 Å². The summed E-state index contributed by atoms with van der Waals surface area (Å²) in [6.07, 6.45) is 0. The minimum Gasteiger partial charge on any atom is -0.343 e. The Morgan fingerprint density at radius 3 is 2.26 bits per heavy atom. The molecule has 142 valence electrons. The Balaban J connectivity index is 1.93. The maximum Gasteiger partial charge on any atom is 0.253 e. The average molecular weight is 371 g/mol. The molecular formula is C20H22FN3O3. The molecule has 0 saturated carbocycles. The van der Waals surface area contributed by atoms with E-state index >= 15 is 0 Å². The van der Waals surface area contributed by atoms with E-state index in [0.29, 0.717) is 24.3 Å². The second-order valence-corrected chi connectivity index (χ2v) is 5.80. The molecule has 2 aromatic carbocycles. The summed E-state index contributed by atoms with van der Waals surface area (Å²) in [5, 5.41) is 5.11. The zero-order valence-electron chi connectivity index (χ0n) is 15.3. The van der Waals surface area contributed by atoms with E-state index in [-0.39, 0.29) is 18.0 Å². The van der Waals surface area contributed by atoms with Crippen LogP contribution in [0.3, 0.4) is 0 Å². The first-order chi connectivity index (χ1) is 12.9. The molecule has 7 heteroatoms. The largest absolute Gasteiger partial charge is 0.343 e. The lowest BCUT2D eigenvalue weighted by Gasteiger charge is -2.19. The van der Waals surface area contributed by atoms with Gasteiger partial charge in [-0.05, 0) is 56.3 Å². The van der Waals surface area contributed by atoms with Gasteiger partial charge in [-0.3, -0.25) is 14.4 Å². The van der Waals surface area contributed by atoms with Gasteiger partial charge in [0.15, 0.2) is 0 Å².